The van der Waals surface area contributed by atoms with Gasteiger partial charge in [-0.25, -0.2) is 14.5 Å². The van der Waals surface area contributed by atoms with Gasteiger partial charge in [-0.3, -0.25) is 9.59 Å². The zero-order chi connectivity index (χ0) is 40.0. The first kappa shape index (κ1) is 44.5. The Morgan fingerprint density at radius 3 is 2.26 bits per heavy atom. The molecule has 0 bridgehead atoms. The van der Waals surface area contributed by atoms with Gasteiger partial charge in [-0.2, -0.15) is 0 Å². The Hall–Kier alpha value is -3.86. The highest BCUT2D eigenvalue weighted by atomic mass is 16.8. The molecule has 2 heterocycles. The fourth-order valence-electron chi connectivity index (χ4n) is 6.32. The van der Waals surface area contributed by atoms with Gasteiger partial charge in [-0.15, -0.1) is 0 Å². The number of carbonyl (C=O) groups is 4. The zero-order valence-electron chi connectivity index (χ0n) is 33.3. The van der Waals surface area contributed by atoms with Crippen LogP contribution in [0.3, 0.4) is 0 Å². The number of carbonyl (C=O) groups excluding carboxylic acids is 4. The molecule has 0 aromatic heterocycles. The molecule has 5 atom stereocenters. The molecule has 0 saturated carbocycles. The van der Waals surface area contributed by atoms with Crippen molar-refractivity contribution in [3.63, 3.8) is 0 Å². The molecule has 2 aliphatic rings. The van der Waals surface area contributed by atoms with Crippen LogP contribution in [0, 0.1) is 29.1 Å². The summed E-state index contributed by atoms with van der Waals surface area (Å²) in [6, 6.07) is 5.10. The Balaban J connectivity index is 1.95. The minimum Gasteiger partial charge on any atom is -0.493 e. The van der Waals surface area contributed by atoms with E-state index in [1.165, 1.54) is 12.0 Å². The molecule has 16 heteroatoms. The van der Waals surface area contributed by atoms with E-state index in [0.29, 0.717) is 44.0 Å². The number of primary amides is 1. The van der Waals surface area contributed by atoms with Crippen LogP contribution in [0.4, 0.5) is 9.59 Å². The van der Waals surface area contributed by atoms with Gasteiger partial charge >= 0.3 is 12.2 Å². The van der Waals surface area contributed by atoms with E-state index in [-0.39, 0.29) is 56.6 Å². The molecule has 1 aromatic rings. The van der Waals surface area contributed by atoms with Gasteiger partial charge < -0.3 is 53.7 Å². The van der Waals surface area contributed by atoms with Crippen molar-refractivity contribution < 1.29 is 61.8 Å². The number of benzene rings is 1. The SMILES string of the molecule is COCCCOc1cc(C[C@@H](C[C@H]2[C@H](C[C@H](C(=O)NCC(C)(C)C(N)=O)C(C)C)OC(OC(=O)OC3COCOC3)N2C(=O)OC)C(C)C)ccc1OC. The predicted molar refractivity (Wildman–Crippen MR) is 195 cm³/mol. The molecular weight excluding hydrogens is 706 g/mol. The quantitative estimate of drug-likeness (QED) is 0.142. The smallest absolute Gasteiger partial charge is 0.493 e. The van der Waals surface area contributed by atoms with Gasteiger partial charge in [0.1, 0.15) is 6.79 Å². The van der Waals surface area contributed by atoms with Crippen molar-refractivity contribution in [1.29, 1.82) is 0 Å². The number of amides is 3. The third kappa shape index (κ3) is 12.9. The van der Waals surface area contributed by atoms with Crippen LogP contribution >= 0.6 is 0 Å². The maximum Gasteiger partial charge on any atom is 0.512 e. The maximum atomic E-state index is 13.7. The Labute approximate surface area is 318 Å². The van der Waals surface area contributed by atoms with Crippen molar-refractivity contribution in [2.75, 3.05) is 61.1 Å². The topological polar surface area (TPSA) is 193 Å². The molecule has 3 amide bonds. The lowest BCUT2D eigenvalue weighted by Gasteiger charge is -2.33. The summed E-state index contributed by atoms with van der Waals surface area (Å²) in [5.74, 6) is -0.328. The molecule has 0 aliphatic carbocycles. The lowest BCUT2D eigenvalue weighted by Crippen LogP contribution is -2.48. The summed E-state index contributed by atoms with van der Waals surface area (Å²) >= 11 is 0. The van der Waals surface area contributed by atoms with Crippen LogP contribution in [-0.2, 0) is 49.2 Å². The van der Waals surface area contributed by atoms with Crippen molar-refractivity contribution >= 4 is 24.1 Å². The van der Waals surface area contributed by atoms with Gasteiger partial charge in [0.15, 0.2) is 17.6 Å². The summed E-state index contributed by atoms with van der Waals surface area (Å²) in [5.41, 5.74) is 5.57. The maximum absolute atomic E-state index is 13.7. The third-order valence-electron chi connectivity index (χ3n) is 9.89. The second kappa shape index (κ2) is 21.3. The van der Waals surface area contributed by atoms with Crippen LogP contribution in [0.1, 0.15) is 66.4 Å². The Kier molecular flexibility index (Phi) is 17.6. The highest BCUT2D eigenvalue weighted by Gasteiger charge is 2.50. The van der Waals surface area contributed by atoms with Gasteiger partial charge in [0.25, 0.3) is 6.41 Å². The Morgan fingerprint density at radius 2 is 1.67 bits per heavy atom. The van der Waals surface area contributed by atoms with Crippen LogP contribution in [0.5, 0.6) is 11.5 Å². The molecule has 306 valence electrons. The number of rotatable bonds is 20. The van der Waals surface area contributed by atoms with Crippen molar-refractivity contribution in [2.45, 2.75) is 91.9 Å². The van der Waals surface area contributed by atoms with Crippen LogP contribution in [0.2, 0.25) is 0 Å². The lowest BCUT2D eigenvalue weighted by atomic mass is 9.80. The van der Waals surface area contributed by atoms with Crippen LogP contribution in [0.15, 0.2) is 18.2 Å². The minimum atomic E-state index is -1.52. The summed E-state index contributed by atoms with van der Waals surface area (Å²) in [4.78, 5) is 53.5. The summed E-state index contributed by atoms with van der Waals surface area (Å²) in [6.07, 6.45) is -3.01. The molecule has 2 fully saturated rings. The van der Waals surface area contributed by atoms with Crippen molar-refractivity contribution in [3.05, 3.63) is 23.8 Å². The number of methoxy groups -OCH3 is 3. The molecule has 1 unspecified atom stereocenters. The summed E-state index contributed by atoms with van der Waals surface area (Å²) in [5, 5.41) is 2.88. The Morgan fingerprint density at radius 1 is 0.963 bits per heavy atom. The normalized spacial score (nSPS) is 20.4. The number of nitrogens with zero attached hydrogens (tertiary/aromatic N) is 1. The van der Waals surface area contributed by atoms with E-state index >= 15 is 0 Å². The number of hydrogen-bond donors (Lipinski definition) is 2. The first-order valence-corrected chi connectivity index (χ1v) is 18.5. The largest absolute Gasteiger partial charge is 0.512 e. The molecule has 1 aromatic carbocycles. The summed E-state index contributed by atoms with van der Waals surface area (Å²) < 4.78 is 49.8. The third-order valence-corrected chi connectivity index (χ3v) is 9.89. The molecule has 54 heavy (non-hydrogen) atoms. The van der Waals surface area contributed by atoms with Crippen LogP contribution in [0.25, 0.3) is 0 Å². The highest BCUT2D eigenvalue weighted by Crippen LogP contribution is 2.38. The summed E-state index contributed by atoms with van der Waals surface area (Å²) in [7, 11) is 4.46. The lowest BCUT2D eigenvalue weighted by molar-refractivity contribution is -0.187. The highest BCUT2D eigenvalue weighted by molar-refractivity contribution is 5.83. The second-order valence-corrected chi connectivity index (χ2v) is 15.1. The van der Waals surface area contributed by atoms with Gasteiger partial charge in [-0.05, 0) is 68.6 Å². The van der Waals surface area contributed by atoms with Gasteiger partial charge in [0.05, 0.1) is 51.6 Å². The molecule has 0 spiro atoms. The Bertz CT molecular complexity index is 1370. The van der Waals surface area contributed by atoms with E-state index in [4.69, 9.17) is 48.4 Å². The number of nitrogens with one attached hydrogen (secondary N) is 1. The van der Waals surface area contributed by atoms with Crippen LogP contribution < -0.4 is 20.5 Å². The predicted octanol–water partition coefficient (Wildman–Crippen LogP) is 4.25. The van der Waals surface area contributed by atoms with Gasteiger partial charge in [0, 0.05) is 32.6 Å². The van der Waals surface area contributed by atoms with E-state index in [2.05, 4.69) is 19.2 Å². The van der Waals surface area contributed by atoms with Gasteiger partial charge in [0.2, 0.25) is 11.8 Å². The molecule has 3 rings (SSSR count). The van der Waals surface area contributed by atoms with Crippen molar-refractivity contribution in [1.82, 2.24) is 10.2 Å². The standard InChI is InChI=1S/C38H61N3O13/c1-23(2)26(15-25-11-12-30(47-8)32(16-25)51-14-10-13-46-7)17-29-31(18-28(24(3)4)33(42)40-21-38(5,6)34(39)43)53-36(41(29)35(44)48-9)54-37(45)52-27-19-49-22-50-20-27/h11-12,16,23-24,26-29,31,36H,10,13-15,17-22H2,1-9H3,(H2,39,43)(H,40,42)/t26-,28-,29-,31-,36?/m0/s1. The van der Waals surface area contributed by atoms with E-state index in [9.17, 15) is 19.2 Å². The number of nitrogens with two attached hydrogens (primary N) is 1. The fraction of sp³-hybridized carbons (Fsp3) is 0.737. The molecule has 2 aliphatic heterocycles. The zero-order valence-corrected chi connectivity index (χ0v) is 33.3. The molecule has 0 radical (unpaired) electrons. The average Bonchev–Trinajstić information content (AvgIpc) is 3.46. The molecule has 16 nitrogen and oxygen atoms in total. The first-order chi connectivity index (χ1) is 25.6. The average molecular weight is 768 g/mol. The van der Waals surface area contributed by atoms with E-state index < -0.39 is 54.2 Å². The molecule has 2 saturated heterocycles. The molecule has 3 N–H and O–H groups in total. The van der Waals surface area contributed by atoms with Gasteiger partial charge in [-0.1, -0.05) is 33.8 Å². The minimum absolute atomic E-state index is 0.0343. The van der Waals surface area contributed by atoms with Crippen LogP contribution in [-0.4, -0.2) is 115 Å². The number of ether oxygens (including phenoxy) is 9. The summed E-state index contributed by atoms with van der Waals surface area (Å²) in [6.45, 7) is 12.7. The van der Waals surface area contributed by atoms with E-state index in [1.807, 2.05) is 32.0 Å². The van der Waals surface area contributed by atoms with E-state index in [0.717, 1.165) is 5.56 Å². The van der Waals surface area contributed by atoms with Crippen molar-refractivity contribution in [3.8, 4) is 11.5 Å². The number of hydrogen-bond acceptors (Lipinski definition) is 13. The van der Waals surface area contributed by atoms with Crippen molar-refractivity contribution in [2.24, 2.45) is 34.8 Å². The van der Waals surface area contributed by atoms with E-state index in [1.54, 1.807) is 28.1 Å². The second-order valence-electron chi connectivity index (χ2n) is 15.1. The first-order valence-electron chi connectivity index (χ1n) is 18.5. The fourth-order valence-corrected chi connectivity index (χ4v) is 6.32. The monoisotopic (exact) mass is 767 g/mol. The molecular formula is C38H61N3O13.